The Labute approximate surface area is 128 Å². The number of carboxylic acid groups (broad SMARTS) is 1. The molecule has 1 atom stereocenters. The summed E-state index contributed by atoms with van der Waals surface area (Å²) >= 11 is 0. The first kappa shape index (κ1) is 14.3. The summed E-state index contributed by atoms with van der Waals surface area (Å²) in [6.07, 6.45) is 2.01. The number of rotatable bonds is 3. The van der Waals surface area contributed by atoms with E-state index < -0.39 is 12.0 Å². The van der Waals surface area contributed by atoms with Gasteiger partial charge in [0.1, 0.15) is 6.04 Å². The van der Waals surface area contributed by atoms with E-state index in [4.69, 9.17) is 0 Å². The van der Waals surface area contributed by atoms with Gasteiger partial charge in [-0.2, -0.15) is 0 Å². The molecule has 0 saturated heterocycles. The molecule has 0 aliphatic carbocycles. The van der Waals surface area contributed by atoms with Crippen LogP contribution < -0.4 is 0 Å². The van der Waals surface area contributed by atoms with Gasteiger partial charge in [0.25, 0.3) is 0 Å². The summed E-state index contributed by atoms with van der Waals surface area (Å²) in [6, 6.07) is 9.11. The second kappa shape index (κ2) is 5.63. The Morgan fingerprint density at radius 2 is 2.05 bits per heavy atom. The molecule has 6 nitrogen and oxygen atoms in total. The Morgan fingerprint density at radius 1 is 1.32 bits per heavy atom. The number of benzene rings is 1. The van der Waals surface area contributed by atoms with Crippen molar-refractivity contribution in [1.82, 2.24) is 14.5 Å². The molecular formula is C16H17N3O3. The van der Waals surface area contributed by atoms with Crippen LogP contribution in [0.5, 0.6) is 0 Å². The van der Waals surface area contributed by atoms with Gasteiger partial charge in [-0.05, 0) is 5.56 Å². The third-order valence-electron chi connectivity index (χ3n) is 4.00. The number of fused-ring (bicyclic) bond motifs is 1. The second-order valence-corrected chi connectivity index (χ2v) is 5.46. The fourth-order valence-corrected chi connectivity index (χ4v) is 2.85. The molecule has 22 heavy (non-hydrogen) atoms. The molecule has 1 aliphatic heterocycles. The molecule has 2 aromatic rings. The number of carbonyl (C=O) groups excluding carboxylic acids is 1. The third kappa shape index (κ3) is 2.59. The molecule has 0 spiro atoms. The van der Waals surface area contributed by atoms with Gasteiger partial charge in [0.2, 0.25) is 5.91 Å². The number of nitrogens with zero attached hydrogens (tertiary/aromatic N) is 3. The zero-order valence-corrected chi connectivity index (χ0v) is 12.3. The molecule has 0 saturated carbocycles. The Hall–Kier alpha value is -2.63. The molecule has 0 radical (unpaired) electrons. The largest absolute Gasteiger partial charge is 0.480 e. The fourth-order valence-electron chi connectivity index (χ4n) is 2.85. The van der Waals surface area contributed by atoms with E-state index in [9.17, 15) is 14.7 Å². The molecule has 6 heteroatoms. The molecule has 1 N–H and O–H groups in total. The van der Waals surface area contributed by atoms with Gasteiger partial charge in [-0.3, -0.25) is 4.79 Å². The Morgan fingerprint density at radius 3 is 2.68 bits per heavy atom. The molecule has 1 aromatic carbocycles. The highest BCUT2D eigenvalue weighted by Gasteiger charge is 2.35. The SMILES string of the molecule is CC(=O)N1Cc2ncn(Cc3ccccc3)c2C[C@@H]1C(=O)O. The van der Waals surface area contributed by atoms with Crippen molar-refractivity contribution in [3.05, 3.63) is 53.6 Å². The summed E-state index contributed by atoms with van der Waals surface area (Å²) < 4.78 is 1.97. The lowest BCUT2D eigenvalue weighted by molar-refractivity contribution is -0.150. The highest BCUT2D eigenvalue weighted by atomic mass is 16.4. The van der Waals surface area contributed by atoms with Gasteiger partial charge in [-0.25, -0.2) is 9.78 Å². The number of carbonyl (C=O) groups is 2. The van der Waals surface area contributed by atoms with Crippen LogP contribution >= 0.6 is 0 Å². The second-order valence-electron chi connectivity index (χ2n) is 5.46. The van der Waals surface area contributed by atoms with Crippen molar-refractivity contribution in [2.24, 2.45) is 0 Å². The van der Waals surface area contributed by atoms with Gasteiger partial charge in [0.15, 0.2) is 0 Å². The zero-order valence-electron chi connectivity index (χ0n) is 12.3. The van der Waals surface area contributed by atoms with Crippen LogP contribution in [0.1, 0.15) is 23.9 Å². The first-order chi connectivity index (χ1) is 10.6. The van der Waals surface area contributed by atoms with E-state index in [1.54, 1.807) is 6.33 Å². The number of aromatic nitrogens is 2. The topological polar surface area (TPSA) is 75.4 Å². The van der Waals surface area contributed by atoms with Crippen LogP contribution in [0, 0.1) is 0 Å². The van der Waals surface area contributed by atoms with Crippen LogP contribution in [0.3, 0.4) is 0 Å². The molecule has 0 unspecified atom stereocenters. The highest BCUT2D eigenvalue weighted by Crippen LogP contribution is 2.23. The van der Waals surface area contributed by atoms with Gasteiger partial charge in [0.05, 0.1) is 18.6 Å². The van der Waals surface area contributed by atoms with Crippen LogP contribution in [0.4, 0.5) is 0 Å². The van der Waals surface area contributed by atoms with E-state index in [0.717, 1.165) is 17.0 Å². The van der Waals surface area contributed by atoms with E-state index in [0.29, 0.717) is 6.54 Å². The average Bonchev–Trinajstić information content (AvgIpc) is 2.89. The van der Waals surface area contributed by atoms with Crippen LogP contribution in [0.15, 0.2) is 36.7 Å². The molecule has 3 rings (SSSR count). The van der Waals surface area contributed by atoms with Gasteiger partial charge in [0, 0.05) is 25.6 Å². The summed E-state index contributed by atoms with van der Waals surface area (Å²) in [6.45, 7) is 2.29. The molecule has 1 aromatic heterocycles. The van der Waals surface area contributed by atoms with E-state index in [1.807, 2.05) is 34.9 Å². The third-order valence-corrected chi connectivity index (χ3v) is 4.00. The van der Waals surface area contributed by atoms with Crippen LogP contribution in [0.2, 0.25) is 0 Å². The zero-order chi connectivity index (χ0) is 15.7. The molecule has 1 amide bonds. The molecule has 0 bridgehead atoms. The van der Waals surface area contributed by atoms with Crippen LogP contribution in [0.25, 0.3) is 0 Å². The maximum atomic E-state index is 11.6. The van der Waals surface area contributed by atoms with Gasteiger partial charge >= 0.3 is 5.97 Å². The fraction of sp³-hybridized carbons (Fsp3) is 0.312. The number of hydrogen-bond donors (Lipinski definition) is 1. The number of carboxylic acids is 1. The maximum absolute atomic E-state index is 11.6. The predicted molar refractivity (Wildman–Crippen MR) is 79.1 cm³/mol. The lowest BCUT2D eigenvalue weighted by atomic mass is 10.0. The quantitative estimate of drug-likeness (QED) is 0.926. The van der Waals surface area contributed by atoms with Gasteiger partial charge in [-0.1, -0.05) is 30.3 Å². The predicted octanol–water partition coefficient (Wildman–Crippen LogP) is 1.29. The summed E-state index contributed by atoms with van der Waals surface area (Å²) in [5, 5.41) is 9.38. The van der Waals surface area contributed by atoms with Crippen LogP contribution in [-0.4, -0.2) is 37.5 Å². The highest BCUT2D eigenvalue weighted by molar-refractivity contribution is 5.83. The summed E-state index contributed by atoms with van der Waals surface area (Å²) in [5.74, 6) is -1.22. The van der Waals surface area contributed by atoms with Crippen molar-refractivity contribution < 1.29 is 14.7 Å². The van der Waals surface area contributed by atoms with Gasteiger partial charge < -0.3 is 14.6 Å². The number of imidazole rings is 1. The first-order valence-corrected chi connectivity index (χ1v) is 7.13. The molecule has 114 valence electrons. The van der Waals surface area contributed by atoms with Crippen LogP contribution in [-0.2, 0) is 29.1 Å². The summed E-state index contributed by atoms with van der Waals surface area (Å²) in [4.78, 5) is 28.8. The smallest absolute Gasteiger partial charge is 0.326 e. The minimum Gasteiger partial charge on any atom is -0.480 e. The summed E-state index contributed by atoms with van der Waals surface area (Å²) in [5.41, 5.74) is 2.81. The first-order valence-electron chi connectivity index (χ1n) is 7.13. The van der Waals surface area contributed by atoms with Crippen molar-refractivity contribution in [2.75, 3.05) is 0 Å². The number of amides is 1. The number of aliphatic carboxylic acids is 1. The van der Waals surface area contributed by atoms with Crippen molar-refractivity contribution >= 4 is 11.9 Å². The normalized spacial score (nSPS) is 17.1. The maximum Gasteiger partial charge on any atom is 0.326 e. The Balaban J connectivity index is 1.90. The monoisotopic (exact) mass is 299 g/mol. The summed E-state index contributed by atoms with van der Waals surface area (Å²) in [7, 11) is 0. The van der Waals surface area contributed by atoms with Gasteiger partial charge in [-0.15, -0.1) is 0 Å². The number of hydrogen-bond acceptors (Lipinski definition) is 3. The Bertz CT molecular complexity index is 709. The van der Waals surface area contributed by atoms with Crippen molar-refractivity contribution in [3.63, 3.8) is 0 Å². The van der Waals surface area contributed by atoms with Crippen molar-refractivity contribution in [2.45, 2.75) is 32.5 Å². The standard InChI is InChI=1S/C16H17N3O3/c1-11(20)19-9-13-14(7-15(19)16(21)22)18(10-17-13)8-12-5-3-2-4-6-12/h2-6,10,15H,7-9H2,1H3,(H,21,22)/t15-/m1/s1. The molecule has 1 aliphatic rings. The minimum atomic E-state index is -0.978. The van der Waals surface area contributed by atoms with E-state index in [-0.39, 0.29) is 18.9 Å². The average molecular weight is 299 g/mol. The lowest BCUT2D eigenvalue weighted by Crippen LogP contribution is -2.48. The Kier molecular flexibility index (Phi) is 3.66. The van der Waals surface area contributed by atoms with Crippen molar-refractivity contribution in [3.8, 4) is 0 Å². The van der Waals surface area contributed by atoms with E-state index in [1.165, 1.54) is 11.8 Å². The van der Waals surface area contributed by atoms with Crippen molar-refractivity contribution in [1.29, 1.82) is 0 Å². The minimum absolute atomic E-state index is 0.240. The van der Waals surface area contributed by atoms with E-state index in [2.05, 4.69) is 4.98 Å². The molecular weight excluding hydrogens is 282 g/mol. The lowest BCUT2D eigenvalue weighted by Gasteiger charge is -2.32. The van der Waals surface area contributed by atoms with E-state index >= 15 is 0 Å². The molecule has 2 heterocycles. The molecule has 0 fully saturated rings.